The molecule has 0 aliphatic heterocycles. The van der Waals surface area contributed by atoms with Crippen LogP contribution in [0.5, 0.6) is 5.75 Å². The quantitative estimate of drug-likeness (QED) is 0.801. The van der Waals surface area contributed by atoms with Gasteiger partial charge in [-0.05, 0) is 24.6 Å². The second-order valence-electron chi connectivity index (χ2n) is 2.91. The summed E-state index contributed by atoms with van der Waals surface area (Å²) in [6.07, 6.45) is 0. The molecule has 0 aromatic heterocycles. The number of rotatable bonds is 2. The molecule has 0 aliphatic rings. The summed E-state index contributed by atoms with van der Waals surface area (Å²) in [6, 6.07) is 2.12. The lowest BCUT2D eigenvalue weighted by Gasteiger charge is -2.04. The molecule has 0 amide bonds. The van der Waals surface area contributed by atoms with Gasteiger partial charge in [-0.25, -0.2) is 12.8 Å². The van der Waals surface area contributed by atoms with Crippen molar-refractivity contribution in [2.24, 2.45) is 0 Å². The van der Waals surface area contributed by atoms with Gasteiger partial charge in [0.05, 0.1) is 5.75 Å². The Morgan fingerprint density at radius 1 is 1.50 bits per heavy atom. The molecule has 0 atom stereocenters. The van der Waals surface area contributed by atoms with Crippen LogP contribution in [0.1, 0.15) is 11.1 Å². The highest BCUT2D eigenvalue weighted by Crippen LogP contribution is 2.24. The van der Waals surface area contributed by atoms with Gasteiger partial charge in [0.2, 0.25) is 9.05 Å². The Morgan fingerprint density at radius 2 is 2.07 bits per heavy atom. The molecule has 0 radical (unpaired) electrons. The van der Waals surface area contributed by atoms with Crippen molar-refractivity contribution < 1.29 is 17.9 Å². The average molecular weight is 239 g/mol. The Balaban J connectivity index is 3.17. The smallest absolute Gasteiger partial charge is 0.236 e. The lowest BCUT2D eigenvalue weighted by Crippen LogP contribution is -1.97. The number of phenolic OH excluding ortho intramolecular Hbond substituents is 1. The van der Waals surface area contributed by atoms with Gasteiger partial charge in [-0.1, -0.05) is 0 Å². The van der Waals surface area contributed by atoms with Crippen LogP contribution in [0, 0.1) is 12.7 Å². The van der Waals surface area contributed by atoms with Gasteiger partial charge in [-0.2, -0.15) is 0 Å². The van der Waals surface area contributed by atoms with Crippen LogP contribution in [0.3, 0.4) is 0 Å². The number of aromatic hydroxyl groups is 1. The van der Waals surface area contributed by atoms with Crippen LogP contribution in [0.25, 0.3) is 0 Å². The minimum atomic E-state index is -3.78. The van der Waals surface area contributed by atoms with Crippen molar-refractivity contribution in [2.45, 2.75) is 12.7 Å². The summed E-state index contributed by atoms with van der Waals surface area (Å²) in [5, 5.41) is 9.29. The first kappa shape index (κ1) is 11.3. The van der Waals surface area contributed by atoms with E-state index in [1.54, 1.807) is 0 Å². The molecule has 0 heterocycles. The molecule has 3 nitrogen and oxygen atoms in total. The second kappa shape index (κ2) is 3.74. The summed E-state index contributed by atoms with van der Waals surface area (Å²) in [5.41, 5.74) is 0.210. The normalized spacial score (nSPS) is 11.6. The van der Waals surface area contributed by atoms with Crippen molar-refractivity contribution in [3.63, 3.8) is 0 Å². The minimum absolute atomic E-state index is 0.0388. The van der Waals surface area contributed by atoms with Gasteiger partial charge in [-0.3, -0.25) is 0 Å². The van der Waals surface area contributed by atoms with E-state index in [2.05, 4.69) is 0 Å². The van der Waals surface area contributed by atoms with Gasteiger partial charge in [0.15, 0.2) is 0 Å². The van der Waals surface area contributed by atoms with E-state index in [0.29, 0.717) is 0 Å². The number of phenols is 1. The standard InChI is InChI=1S/C8H8ClFO3S/c1-5-2-8(11)6(3-7(5)10)4-14(9,12)13/h2-3,11H,4H2,1H3. The first-order chi connectivity index (χ1) is 6.29. The van der Waals surface area contributed by atoms with Crippen molar-refractivity contribution in [2.75, 3.05) is 0 Å². The van der Waals surface area contributed by atoms with Gasteiger partial charge < -0.3 is 5.11 Å². The summed E-state index contributed by atoms with van der Waals surface area (Å²) in [4.78, 5) is 0. The third-order valence-electron chi connectivity index (χ3n) is 1.69. The maximum atomic E-state index is 13.0. The van der Waals surface area contributed by atoms with Gasteiger partial charge >= 0.3 is 0 Å². The lowest BCUT2D eigenvalue weighted by molar-refractivity contribution is 0.466. The van der Waals surface area contributed by atoms with E-state index in [4.69, 9.17) is 10.7 Å². The topological polar surface area (TPSA) is 54.4 Å². The summed E-state index contributed by atoms with van der Waals surface area (Å²) in [6.45, 7) is 1.47. The molecule has 0 aliphatic carbocycles. The van der Waals surface area contributed by atoms with Gasteiger partial charge in [0.25, 0.3) is 0 Å². The van der Waals surface area contributed by atoms with Crippen LogP contribution >= 0.6 is 10.7 Å². The molecule has 1 aromatic carbocycles. The predicted molar refractivity (Wildman–Crippen MR) is 51.3 cm³/mol. The van der Waals surface area contributed by atoms with Crippen LogP contribution in [0.15, 0.2) is 12.1 Å². The molecule has 0 bridgehead atoms. The fourth-order valence-electron chi connectivity index (χ4n) is 1.01. The fraction of sp³-hybridized carbons (Fsp3) is 0.250. The monoisotopic (exact) mass is 238 g/mol. The fourth-order valence-corrected chi connectivity index (χ4v) is 1.96. The van der Waals surface area contributed by atoms with E-state index in [-0.39, 0.29) is 16.9 Å². The number of aryl methyl sites for hydroxylation is 1. The van der Waals surface area contributed by atoms with E-state index in [0.717, 1.165) is 12.1 Å². The first-order valence-electron chi connectivity index (χ1n) is 3.70. The predicted octanol–water partition coefficient (Wildman–Crippen LogP) is 1.91. The van der Waals surface area contributed by atoms with Crippen molar-refractivity contribution >= 4 is 19.7 Å². The molecule has 78 valence electrons. The van der Waals surface area contributed by atoms with Crippen molar-refractivity contribution in [1.29, 1.82) is 0 Å². The second-order valence-corrected chi connectivity index (χ2v) is 5.69. The molecule has 1 rings (SSSR count). The van der Waals surface area contributed by atoms with Gasteiger partial charge in [0.1, 0.15) is 11.6 Å². The van der Waals surface area contributed by atoms with Crippen molar-refractivity contribution in [1.82, 2.24) is 0 Å². The van der Waals surface area contributed by atoms with Crippen molar-refractivity contribution in [3.05, 3.63) is 29.1 Å². The van der Waals surface area contributed by atoms with Crippen LogP contribution in [-0.2, 0) is 14.8 Å². The molecule has 0 spiro atoms. The van der Waals surface area contributed by atoms with Crippen LogP contribution in [0.4, 0.5) is 4.39 Å². The Morgan fingerprint density at radius 3 is 2.57 bits per heavy atom. The van der Waals surface area contributed by atoms with Crippen LogP contribution < -0.4 is 0 Å². The maximum absolute atomic E-state index is 13.0. The molecule has 0 saturated heterocycles. The third kappa shape index (κ3) is 2.85. The van der Waals surface area contributed by atoms with E-state index in [1.807, 2.05) is 0 Å². The molecule has 0 fully saturated rings. The summed E-state index contributed by atoms with van der Waals surface area (Å²) in [7, 11) is 1.19. The van der Waals surface area contributed by atoms with E-state index >= 15 is 0 Å². The third-order valence-corrected chi connectivity index (χ3v) is 2.67. The molecular formula is C8H8ClFO3S. The Hall–Kier alpha value is -0.810. The van der Waals surface area contributed by atoms with Crippen LogP contribution in [-0.4, -0.2) is 13.5 Å². The van der Waals surface area contributed by atoms with E-state index in [1.165, 1.54) is 6.92 Å². The zero-order valence-corrected chi connectivity index (χ0v) is 8.86. The number of hydrogen-bond donors (Lipinski definition) is 1. The Kier molecular flexibility index (Phi) is 3.01. The highest BCUT2D eigenvalue weighted by molar-refractivity contribution is 8.13. The maximum Gasteiger partial charge on any atom is 0.236 e. The van der Waals surface area contributed by atoms with E-state index < -0.39 is 20.6 Å². The van der Waals surface area contributed by atoms with Gasteiger partial charge in [0, 0.05) is 16.2 Å². The SMILES string of the molecule is Cc1cc(O)c(CS(=O)(=O)Cl)cc1F. The first-order valence-corrected chi connectivity index (χ1v) is 6.18. The molecule has 1 aromatic rings. The zero-order valence-electron chi connectivity index (χ0n) is 7.29. The highest BCUT2D eigenvalue weighted by atomic mass is 35.7. The summed E-state index contributed by atoms with van der Waals surface area (Å²) >= 11 is 0. The van der Waals surface area contributed by atoms with E-state index in [9.17, 15) is 17.9 Å². The molecule has 0 unspecified atom stereocenters. The Labute approximate surface area is 85.6 Å². The molecule has 6 heteroatoms. The summed E-state index contributed by atoms with van der Waals surface area (Å²) < 4.78 is 34.3. The zero-order chi connectivity index (χ0) is 10.9. The van der Waals surface area contributed by atoms with Crippen LogP contribution in [0.2, 0.25) is 0 Å². The Bertz CT molecular complexity index is 456. The number of benzene rings is 1. The molecule has 14 heavy (non-hydrogen) atoms. The minimum Gasteiger partial charge on any atom is -0.508 e. The molecule has 1 N–H and O–H groups in total. The highest BCUT2D eigenvalue weighted by Gasteiger charge is 2.13. The lowest BCUT2D eigenvalue weighted by atomic mass is 10.1. The van der Waals surface area contributed by atoms with Crippen molar-refractivity contribution in [3.8, 4) is 5.75 Å². The number of hydrogen-bond acceptors (Lipinski definition) is 3. The summed E-state index contributed by atoms with van der Waals surface area (Å²) in [5.74, 6) is -1.43. The van der Waals surface area contributed by atoms with Gasteiger partial charge in [-0.15, -0.1) is 0 Å². The largest absolute Gasteiger partial charge is 0.508 e. The molecule has 0 saturated carbocycles. The number of halogens is 2. The average Bonchev–Trinajstić information content (AvgIpc) is 1.97. The molecular weight excluding hydrogens is 231 g/mol.